The van der Waals surface area contributed by atoms with Crippen LogP contribution < -0.4 is 4.90 Å². The highest BCUT2D eigenvalue weighted by Crippen LogP contribution is 2.44. The molecule has 3 aromatic rings. The smallest absolute Gasteiger partial charge is 0.390 e. The van der Waals surface area contributed by atoms with Gasteiger partial charge in [0.15, 0.2) is 12.5 Å². The van der Waals surface area contributed by atoms with Gasteiger partial charge in [-0.2, -0.15) is 18.3 Å². The summed E-state index contributed by atoms with van der Waals surface area (Å²) in [4.78, 5) is 16.7. The van der Waals surface area contributed by atoms with Crippen LogP contribution in [0.2, 0.25) is 0 Å². The SMILES string of the molecule is C=C(CO)N1C(=O)C(c2ccnn2-c2ccc(Br)cc2)=C(C)N(c2cccc(C(F)(F)F)c2)C2OC21. The van der Waals surface area contributed by atoms with E-state index in [9.17, 15) is 23.1 Å². The standard InChI is InChI=1S/C25H20BrF3N4O3/c1-14(13-34)31-22(35)21(20-10-11-30-33(20)18-8-6-17(26)7-9-18)15(2)32(24-23(31)36-24)19-5-3-4-16(12-19)25(27,28)29/h3-12,23-24,34H,1,13H2,2H3. The summed E-state index contributed by atoms with van der Waals surface area (Å²) in [7, 11) is 0. The Morgan fingerprint density at radius 3 is 2.53 bits per heavy atom. The number of ether oxygens (including phenoxy) is 1. The van der Waals surface area contributed by atoms with Crippen molar-refractivity contribution in [3.63, 3.8) is 0 Å². The second kappa shape index (κ2) is 8.91. The fourth-order valence-electron chi connectivity index (χ4n) is 4.32. The summed E-state index contributed by atoms with van der Waals surface area (Å²) >= 11 is 3.40. The van der Waals surface area contributed by atoms with Crippen molar-refractivity contribution in [2.45, 2.75) is 25.6 Å². The van der Waals surface area contributed by atoms with E-state index in [0.717, 1.165) is 16.6 Å². The number of carbonyl (C=O) groups is 1. The highest BCUT2D eigenvalue weighted by Gasteiger charge is 2.55. The van der Waals surface area contributed by atoms with Crippen LogP contribution in [0.5, 0.6) is 0 Å². The third kappa shape index (κ3) is 4.12. The molecule has 0 radical (unpaired) electrons. The largest absolute Gasteiger partial charge is 0.416 e. The van der Waals surface area contributed by atoms with Crippen molar-refractivity contribution in [2.24, 2.45) is 0 Å². The van der Waals surface area contributed by atoms with Gasteiger partial charge in [0.05, 0.1) is 35.3 Å². The zero-order valence-electron chi connectivity index (χ0n) is 18.9. The fourth-order valence-corrected chi connectivity index (χ4v) is 4.59. The molecule has 0 spiro atoms. The van der Waals surface area contributed by atoms with E-state index in [4.69, 9.17) is 4.74 Å². The number of allylic oxidation sites excluding steroid dienone is 1. The summed E-state index contributed by atoms with van der Waals surface area (Å²) in [5.41, 5.74) is 1.17. The number of hydrogen-bond donors (Lipinski definition) is 1. The number of benzene rings is 2. The maximum absolute atomic E-state index is 13.9. The number of halogens is 4. The van der Waals surface area contributed by atoms with Crippen molar-refractivity contribution in [3.8, 4) is 5.69 Å². The Kier molecular flexibility index (Phi) is 6.01. The number of alkyl halides is 3. The van der Waals surface area contributed by atoms with Crippen LogP contribution >= 0.6 is 15.9 Å². The molecule has 36 heavy (non-hydrogen) atoms. The molecular weight excluding hydrogens is 541 g/mol. The van der Waals surface area contributed by atoms with Crippen LogP contribution in [0.1, 0.15) is 18.2 Å². The molecule has 1 fully saturated rings. The summed E-state index contributed by atoms with van der Waals surface area (Å²) in [5, 5.41) is 14.1. The van der Waals surface area contributed by atoms with Gasteiger partial charge in [-0.25, -0.2) is 4.68 Å². The Hall–Kier alpha value is -3.41. The summed E-state index contributed by atoms with van der Waals surface area (Å²) in [6.07, 6.45) is -4.60. The number of anilines is 1. The lowest BCUT2D eigenvalue weighted by molar-refractivity contribution is -0.137. The summed E-state index contributed by atoms with van der Waals surface area (Å²) < 4.78 is 48.6. The predicted octanol–water partition coefficient (Wildman–Crippen LogP) is 4.92. The van der Waals surface area contributed by atoms with Gasteiger partial charge in [-0.15, -0.1) is 0 Å². The normalized spacial score (nSPS) is 19.9. The molecule has 1 aromatic heterocycles. The molecular formula is C25H20BrF3N4O3. The van der Waals surface area contributed by atoms with Crippen molar-refractivity contribution in [2.75, 3.05) is 11.5 Å². The first-order valence-electron chi connectivity index (χ1n) is 10.9. The number of aromatic nitrogens is 2. The van der Waals surface area contributed by atoms with Crippen LogP contribution in [0, 0.1) is 0 Å². The second-order valence-electron chi connectivity index (χ2n) is 8.30. The van der Waals surface area contributed by atoms with Crippen LogP contribution in [0.15, 0.2) is 83.2 Å². The van der Waals surface area contributed by atoms with Crippen molar-refractivity contribution in [1.29, 1.82) is 0 Å². The third-order valence-electron chi connectivity index (χ3n) is 6.06. The molecule has 2 aliphatic heterocycles. The van der Waals surface area contributed by atoms with E-state index in [-0.39, 0.29) is 17.0 Å². The van der Waals surface area contributed by atoms with Crippen molar-refractivity contribution in [3.05, 3.63) is 94.5 Å². The van der Waals surface area contributed by atoms with Crippen molar-refractivity contribution in [1.82, 2.24) is 14.7 Å². The topological polar surface area (TPSA) is 74.1 Å². The Balaban J connectivity index is 1.70. The van der Waals surface area contributed by atoms with Crippen LogP contribution in [-0.2, 0) is 15.7 Å². The van der Waals surface area contributed by atoms with Crippen LogP contribution in [0.4, 0.5) is 18.9 Å². The number of rotatable bonds is 5. The maximum atomic E-state index is 13.9. The van der Waals surface area contributed by atoms with Crippen molar-refractivity contribution < 1.29 is 27.8 Å². The van der Waals surface area contributed by atoms with E-state index in [0.29, 0.717) is 17.1 Å². The van der Waals surface area contributed by atoms with Gasteiger partial charge in [0.25, 0.3) is 5.91 Å². The van der Waals surface area contributed by atoms with Crippen molar-refractivity contribution >= 4 is 33.1 Å². The molecule has 2 unspecified atom stereocenters. The average Bonchev–Trinajstić information content (AvgIpc) is 3.46. The molecule has 0 bridgehead atoms. The highest BCUT2D eigenvalue weighted by molar-refractivity contribution is 9.10. The fraction of sp³-hybridized carbons (Fsp3) is 0.200. The first-order chi connectivity index (χ1) is 17.1. The number of carbonyl (C=O) groups excluding carboxylic acids is 1. The molecule has 7 nitrogen and oxygen atoms in total. The predicted molar refractivity (Wildman–Crippen MR) is 130 cm³/mol. The Morgan fingerprint density at radius 2 is 1.86 bits per heavy atom. The molecule has 2 atom stereocenters. The lowest BCUT2D eigenvalue weighted by atomic mass is 10.1. The molecule has 0 saturated carbocycles. The number of aliphatic hydroxyl groups is 1. The molecule has 5 rings (SSSR count). The minimum Gasteiger partial charge on any atom is -0.390 e. The minimum absolute atomic E-state index is 0.110. The Morgan fingerprint density at radius 1 is 1.14 bits per heavy atom. The first-order valence-corrected chi connectivity index (χ1v) is 11.7. The van der Waals surface area contributed by atoms with E-state index < -0.39 is 36.7 Å². The number of epoxide rings is 1. The lowest BCUT2D eigenvalue weighted by Gasteiger charge is -2.26. The van der Waals surface area contributed by atoms with Crippen LogP contribution in [0.3, 0.4) is 0 Å². The zero-order chi connectivity index (χ0) is 25.8. The van der Waals surface area contributed by atoms with E-state index in [1.807, 2.05) is 24.3 Å². The summed E-state index contributed by atoms with van der Waals surface area (Å²) in [5.74, 6) is -0.507. The van der Waals surface area contributed by atoms with Gasteiger partial charge < -0.3 is 14.7 Å². The number of amides is 1. The summed E-state index contributed by atoms with van der Waals surface area (Å²) in [6.45, 7) is 4.95. The molecule has 1 saturated heterocycles. The lowest BCUT2D eigenvalue weighted by Crippen LogP contribution is -2.35. The Bertz CT molecular complexity index is 1380. The number of fused-ring (bicyclic) bond motifs is 1. The summed E-state index contributed by atoms with van der Waals surface area (Å²) in [6, 6.07) is 13.8. The van der Waals surface area contributed by atoms with E-state index in [1.165, 1.54) is 23.2 Å². The monoisotopic (exact) mass is 560 g/mol. The van der Waals surface area contributed by atoms with E-state index in [1.54, 1.807) is 22.6 Å². The van der Waals surface area contributed by atoms with Gasteiger partial charge >= 0.3 is 6.18 Å². The third-order valence-corrected chi connectivity index (χ3v) is 6.58. The zero-order valence-corrected chi connectivity index (χ0v) is 20.5. The molecule has 186 valence electrons. The number of nitrogens with zero attached hydrogens (tertiary/aromatic N) is 4. The van der Waals surface area contributed by atoms with Gasteiger partial charge in [-0.3, -0.25) is 9.69 Å². The highest BCUT2D eigenvalue weighted by atomic mass is 79.9. The first kappa shape index (κ1) is 24.3. The van der Waals surface area contributed by atoms with Gasteiger partial charge in [-0.1, -0.05) is 28.6 Å². The molecule has 1 N–H and O–H groups in total. The maximum Gasteiger partial charge on any atom is 0.416 e. The minimum atomic E-state index is -4.54. The van der Waals surface area contributed by atoms with Gasteiger partial charge in [0.2, 0.25) is 0 Å². The molecule has 2 aromatic carbocycles. The second-order valence-corrected chi connectivity index (χ2v) is 9.22. The molecule has 3 heterocycles. The molecule has 2 aliphatic rings. The van der Waals surface area contributed by atoms with Crippen LogP contribution in [-0.4, -0.2) is 44.8 Å². The quantitative estimate of drug-likeness (QED) is 0.448. The molecule has 11 heteroatoms. The van der Waals surface area contributed by atoms with Crippen LogP contribution in [0.25, 0.3) is 11.3 Å². The van der Waals surface area contributed by atoms with Gasteiger partial charge in [0, 0.05) is 21.6 Å². The Labute approximate surface area is 212 Å². The number of aliphatic hydroxyl groups excluding tert-OH is 1. The molecule has 0 aliphatic carbocycles. The molecule has 1 amide bonds. The van der Waals surface area contributed by atoms with E-state index in [2.05, 4.69) is 27.6 Å². The van der Waals surface area contributed by atoms with Gasteiger partial charge in [-0.05, 0) is 55.5 Å². The number of hydrogen-bond acceptors (Lipinski definition) is 5. The van der Waals surface area contributed by atoms with E-state index >= 15 is 0 Å². The van der Waals surface area contributed by atoms with Gasteiger partial charge in [0.1, 0.15) is 0 Å². The average molecular weight is 561 g/mol.